The number of aliphatic hydroxyl groups is 1. The maximum atomic E-state index is 12.2. The maximum Gasteiger partial charge on any atom is 0.345 e. The number of carboxylic acid groups (broad SMARTS) is 1. The number of nitrogens with zero attached hydrogens (tertiary/aromatic N) is 1. The number of likely N-dealkylation sites (tertiary alicyclic amines) is 1. The number of aryl methyl sites for hydroxylation is 2. The van der Waals surface area contributed by atoms with E-state index >= 15 is 0 Å². The number of halogens is 1. The molecule has 2 aromatic rings. The first-order valence-electron chi connectivity index (χ1n) is 9.27. The van der Waals surface area contributed by atoms with Gasteiger partial charge in [0.15, 0.2) is 0 Å². The highest BCUT2D eigenvalue weighted by molar-refractivity contribution is 5.85. The molecule has 0 saturated carbocycles. The molecule has 0 bridgehead atoms. The Morgan fingerprint density at radius 2 is 1.74 bits per heavy atom. The molecule has 1 saturated heterocycles. The second-order valence-corrected chi connectivity index (χ2v) is 7.29. The molecule has 0 spiro atoms. The Labute approximate surface area is 167 Å². The predicted molar refractivity (Wildman–Crippen MR) is 110 cm³/mol. The molecule has 1 aliphatic rings. The van der Waals surface area contributed by atoms with E-state index in [0.29, 0.717) is 11.1 Å². The number of benzene rings is 2. The van der Waals surface area contributed by atoms with E-state index in [1.807, 2.05) is 38.1 Å². The third kappa shape index (κ3) is 4.34. The van der Waals surface area contributed by atoms with Crippen molar-refractivity contribution in [3.8, 4) is 0 Å². The Kier molecular flexibility index (Phi) is 7.04. The third-order valence-corrected chi connectivity index (χ3v) is 5.40. The number of aliphatic carboxylic acids is 1. The fourth-order valence-corrected chi connectivity index (χ4v) is 3.88. The molecule has 146 valence electrons. The lowest BCUT2D eigenvalue weighted by Gasteiger charge is -2.29. The smallest absolute Gasteiger partial charge is 0.345 e. The Balaban J connectivity index is 0.00000261. The van der Waals surface area contributed by atoms with E-state index in [-0.39, 0.29) is 12.4 Å². The Morgan fingerprint density at radius 1 is 1.07 bits per heavy atom. The van der Waals surface area contributed by atoms with Crippen molar-refractivity contribution in [3.63, 3.8) is 0 Å². The van der Waals surface area contributed by atoms with Crippen LogP contribution >= 0.6 is 12.4 Å². The van der Waals surface area contributed by atoms with Crippen LogP contribution in [0.2, 0.25) is 0 Å². The summed E-state index contributed by atoms with van der Waals surface area (Å²) in [7, 11) is 0. The molecular formula is C22H28ClNO3. The number of carbonyl (C=O) groups is 1. The minimum Gasteiger partial charge on any atom is -0.479 e. The van der Waals surface area contributed by atoms with E-state index in [2.05, 4.69) is 4.90 Å². The van der Waals surface area contributed by atoms with Crippen molar-refractivity contribution in [3.05, 3.63) is 70.3 Å². The highest BCUT2D eigenvalue weighted by Gasteiger charge is 2.42. The molecule has 1 fully saturated rings. The van der Waals surface area contributed by atoms with Crippen LogP contribution in [0.25, 0.3) is 0 Å². The molecular weight excluding hydrogens is 362 g/mol. The molecule has 0 radical (unpaired) electrons. The molecule has 5 heteroatoms. The van der Waals surface area contributed by atoms with Gasteiger partial charge in [-0.05, 0) is 57.3 Å². The number of rotatable bonds is 6. The zero-order valence-corrected chi connectivity index (χ0v) is 16.8. The highest BCUT2D eigenvalue weighted by Crippen LogP contribution is 2.35. The Bertz CT molecular complexity index is 802. The van der Waals surface area contributed by atoms with Gasteiger partial charge in [-0.2, -0.15) is 0 Å². The first kappa shape index (κ1) is 21.4. The predicted octanol–water partition coefficient (Wildman–Crippen LogP) is 3.68. The largest absolute Gasteiger partial charge is 0.479 e. The SMILES string of the molecule is Cc1ccc(C)c(C(O)(C(=O)O)c2ccccc2CCN2CCCC2)c1.Cl. The van der Waals surface area contributed by atoms with E-state index in [1.165, 1.54) is 12.8 Å². The van der Waals surface area contributed by atoms with Crippen LogP contribution in [-0.4, -0.2) is 40.7 Å². The van der Waals surface area contributed by atoms with Gasteiger partial charge in [0.25, 0.3) is 0 Å². The number of hydrogen-bond donors (Lipinski definition) is 2. The summed E-state index contributed by atoms with van der Waals surface area (Å²) in [6, 6.07) is 13.0. The molecule has 3 rings (SSSR count). The fraction of sp³-hybridized carbons (Fsp3) is 0.409. The molecule has 0 aliphatic carbocycles. The van der Waals surface area contributed by atoms with Crippen molar-refractivity contribution in [2.45, 2.75) is 38.7 Å². The molecule has 0 aromatic heterocycles. The highest BCUT2D eigenvalue weighted by atomic mass is 35.5. The van der Waals surface area contributed by atoms with Gasteiger partial charge in [0.05, 0.1) is 0 Å². The molecule has 0 amide bonds. The monoisotopic (exact) mass is 389 g/mol. The lowest BCUT2D eigenvalue weighted by atomic mass is 9.80. The van der Waals surface area contributed by atoms with Crippen LogP contribution in [0.4, 0.5) is 0 Å². The standard InChI is InChI=1S/C22H27NO3.ClH/c1-16-9-10-17(2)20(15-16)22(26,21(24)25)19-8-4-3-7-18(19)11-14-23-12-5-6-13-23;/h3-4,7-10,15,26H,5-6,11-14H2,1-2H3,(H,24,25);1H. The van der Waals surface area contributed by atoms with Gasteiger partial charge in [0, 0.05) is 17.7 Å². The minimum atomic E-state index is -2.04. The summed E-state index contributed by atoms with van der Waals surface area (Å²) in [5, 5.41) is 21.4. The summed E-state index contributed by atoms with van der Waals surface area (Å²) in [5.74, 6) is -1.24. The zero-order chi connectivity index (χ0) is 18.7. The summed E-state index contributed by atoms with van der Waals surface area (Å²) < 4.78 is 0. The first-order valence-corrected chi connectivity index (χ1v) is 9.27. The molecule has 27 heavy (non-hydrogen) atoms. The first-order chi connectivity index (χ1) is 12.4. The minimum absolute atomic E-state index is 0. The summed E-state index contributed by atoms with van der Waals surface area (Å²) >= 11 is 0. The van der Waals surface area contributed by atoms with Gasteiger partial charge in [-0.1, -0.05) is 48.0 Å². The molecule has 2 N–H and O–H groups in total. The van der Waals surface area contributed by atoms with Crippen LogP contribution in [-0.2, 0) is 16.8 Å². The lowest BCUT2D eigenvalue weighted by Crippen LogP contribution is -2.39. The van der Waals surface area contributed by atoms with Gasteiger partial charge in [0.1, 0.15) is 0 Å². The normalized spacial score (nSPS) is 16.6. The van der Waals surface area contributed by atoms with Crippen LogP contribution in [0.5, 0.6) is 0 Å². The third-order valence-electron chi connectivity index (χ3n) is 5.40. The number of hydrogen-bond acceptors (Lipinski definition) is 3. The van der Waals surface area contributed by atoms with Crippen LogP contribution < -0.4 is 0 Å². The van der Waals surface area contributed by atoms with E-state index < -0.39 is 11.6 Å². The zero-order valence-electron chi connectivity index (χ0n) is 15.9. The van der Waals surface area contributed by atoms with Crippen molar-refractivity contribution >= 4 is 18.4 Å². The van der Waals surface area contributed by atoms with Gasteiger partial charge in [-0.3, -0.25) is 0 Å². The van der Waals surface area contributed by atoms with Crippen LogP contribution in [0.3, 0.4) is 0 Å². The van der Waals surface area contributed by atoms with Crippen molar-refractivity contribution < 1.29 is 15.0 Å². The van der Waals surface area contributed by atoms with E-state index in [1.54, 1.807) is 18.2 Å². The molecule has 2 aromatic carbocycles. The summed E-state index contributed by atoms with van der Waals surface area (Å²) in [6.07, 6.45) is 3.18. The quantitative estimate of drug-likeness (QED) is 0.791. The average molecular weight is 390 g/mol. The van der Waals surface area contributed by atoms with Gasteiger partial charge in [-0.25, -0.2) is 4.79 Å². The molecule has 1 aliphatic heterocycles. The van der Waals surface area contributed by atoms with Crippen LogP contribution in [0.1, 0.15) is 40.7 Å². The van der Waals surface area contributed by atoms with Gasteiger partial charge < -0.3 is 15.1 Å². The molecule has 1 atom stereocenters. The van der Waals surface area contributed by atoms with E-state index in [0.717, 1.165) is 42.7 Å². The van der Waals surface area contributed by atoms with Gasteiger partial charge >= 0.3 is 5.97 Å². The van der Waals surface area contributed by atoms with Crippen molar-refractivity contribution in [2.24, 2.45) is 0 Å². The lowest BCUT2D eigenvalue weighted by molar-refractivity contribution is -0.155. The summed E-state index contributed by atoms with van der Waals surface area (Å²) in [6.45, 7) is 6.84. The van der Waals surface area contributed by atoms with Crippen molar-refractivity contribution in [2.75, 3.05) is 19.6 Å². The topological polar surface area (TPSA) is 60.8 Å². The second-order valence-electron chi connectivity index (χ2n) is 7.29. The Hall–Kier alpha value is -1.88. The van der Waals surface area contributed by atoms with Gasteiger partial charge in [0.2, 0.25) is 5.60 Å². The van der Waals surface area contributed by atoms with Crippen molar-refractivity contribution in [1.82, 2.24) is 4.90 Å². The van der Waals surface area contributed by atoms with E-state index in [4.69, 9.17) is 0 Å². The summed E-state index contributed by atoms with van der Waals surface area (Å²) in [4.78, 5) is 14.6. The summed E-state index contributed by atoms with van der Waals surface area (Å²) in [5.41, 5.74) is 1.47. The molecule has 4 nitrogen and oxygen atoms in total. The van der Waals surface area contributed by atoms with Crippen LogP contribution in [0.15, 0.2) is 42.5 Å². The average Bonchev–Trinajstić information content (AvgIpc) is 3.15. The van der Waals surface area contributed by atoms with E-state index in [9.17, 15) is 15.0 Å². The molecule has 1 unspecified atom stereocenters. The van der Waals surface area contributed by atoms with Crippen LogP contribution in [0, 0.1) is 13.8 Å². The van der Waals surface area contributed by atoms with Gasteiger partial charge in [-0.15, -0.1) is 12.4 Å². The Morgan fingerprint density at radius 3 is 2.41 bits per heavy atom. The second kappa shape index (κ2) is 8.87. The molecule has 1 heterocycles. The maximum absolute atomic E-state index is 12.2. The number of carboxylic acids is 1. The fourth-order valence-electron chi connectivity index (χ4n) is 3.88. The van der Waals surface area contributed by atoms with Crippen molar-refractivity contribution in [1.29, 1.82) is 0 Å².